The third kappa shape index (κ3) is 2.74. The van der Waals surface area contributed by atoms with Gasteiger partial charge in [0.15, 0.2) is 0 Å². The van der Waals surface area contributed by atoms with Gasteiger partial charge in [0.2, 0.25) is 11.7 Å². The summed E-state index contributed by atoms with van der Waals surface area (Å²) in [7, 11) is 0. The molecule has 6 nitrogen and oxygen atoms in total. The van der Waals surface area contributed by atoms with Crippen LogP contribution in [0.2, 0.25) is 0 Å². The molecule has 2 aliphatic rings. The van der Waals surface area contributed by atoms with Gasteiger partial charge in [-0.25, -0.2) is 0 Å². The lowest BCUT2D eigenvalue weighted by molar-refractivity contribution is 0.0942. The third-order valence-corrected chi connectivity index (χ3v) is 4.17. The lowest BCUT2D eigenvalue weighted by Gasteiger charge is -2.27. The molecule has 0 spiro atoms. The van der Waals surface area contributed by atoms with Crippen LogP contribution in [0.1, 0.15) is 35.0 Å². The molecule has 0 radical (unpaired) electrons. The quantitative estimate of drug-likeness (QED) is 0.875. The summed E-state index contributed by atoms with van der Waals surface area (Å²) in [6.07, 6.45) is 2.25. The molecule has 1 aromatic carbocycles. The van der Waals surface area contributed by atoms with Crippen molar-refractivity contribution in [3.63, 3.8) is 0 Å². The highest BCUT2D eigenvalue weighted by molar-refractivity contribution is 5.95. The van der Waals surface area contributed by atoms with Crippen molar-refractivity contribution in [1.82, 2.24) is 20.8 Å². The maximum atomic E-state index is 12.2. The summed E-state index contributed by atoms with van der Waals surface area (Å²) >= 11 is 0. The zero-order chi connectivity index (χ0) is 14.9. The van der Waals surface area contributed by atoms with E-state index in [0.717, 1.165) is 31.5 Å². The van der Waals surface area contributed by atoms with E-state index in [9.17, 15) is 4.79 Å². The van der Waals surface area contributed by atoms with Crippen LogP contribution in [0.15, 0.2) is 28.8 Å². The van der Waals surface area contributed by atoms with Gasteiger partial charge in [-0.1, -0.05) is 17.3 Å². The van der Waals surface area contributed by atoms with Gasteiger partial charge in [-0.05, 0) is 25.0 Å². The van der Waals surface area contributed by atoms with Gasteiger partial charge in [-0.2, -0.15) is 4.98 Å². The average Bonchev–Trinajstić information content (AvgIpc) is 3.23. The predicted octanol–water partition coefficient (Wildman–Crippen LogP) is 1.56. The van der Waals surface area contributed by atoms with E-state index in [4.69, 9.17) is 4.52 Å². The lowest BCUT2D eigenvalue weighted by Crippen LogP contribution is -2.48. The van der Waals surface area contributed by atoms with Crippen molar-refractivity contribution in [2.75, 3.05) is 19.6 Å². The number of nitrogens with one attached hydrogen (secondary N) is 2. The Labute approximate surface area is 128 Å². The Kier molecular flexibility index (Phi) is 3.38. The van der Waals surface area contributed by atoms with Crippen LogP contribution in [0, 0.1) is 5.92 Å². The molecule has 1 amide bonds. The van der Waals surface area contributed by atoms with Gasteiger partial charge in [-0.3, -0.25) is 4.79 Å². The first kappa shape index (κ1) is 13.5. The summed E-state index contributed by atoms with van der Waals surface area (Å²) in [6, 6.07) is 7.37. The van der Waals surface area contributed by atoms with E-state index in [-0.39, 0.29) is 5.91 Å². The monoisotopic (exact) mass is 298 g/mol. The van der Waals surface area contributed by atoms with Crippen LogP contribution in [0.25, 0.3) is 11.4 Å². The zero-order valence-corrected chi connectivity index (χ0v) is 12.2. The highest BCUT2D eigenvalue weighted by Crippen LogP contribution is 2.39. The van der Waals surface area contributed by atoms with Crippen molar-refractivity contribution in [2.24, 2.45) is 5.92 Å². The number of carbonyl (C=O) groups excluding carboxylic acids is 1. The van der Waals surface area contributed by atoms with Crippen LogP contribution in [-0.4, -0.2) is 35.7 Å². The molecule has 6 heteroatoms. The number of rotatable bonds is 5. The minimum Gasteiger partial charge on any atom is -0.352 e. The molecule has 1 aliphatic carbocycles. The highest BCUT2D eigenvalue weighted by atomic mass is 16.5. The molecule has 2 N–H and O–H groups in total. The van der Waals surface area contributed by atoms with Crippen molar-refractivity contribution < 1.29 is 9.32 Å². The van der Waals surface area contributed by atoms with Gasteiger partial charge in [-0.15, -0.1) is 0 Å². The second-order valence-corrected chi connectivity index (χ2v) is 6.05. The minimum atomic E-state index is -0.0559. The summed E-state index contributed by atoms with van der Waals surface area (Å²) in [5, 5.41) is 10.2. The van der Waals surface area contributed by atoms with E-state index in [1.165, 1.54) is 0 Å². The predicted molar refractivity (Wildman–Crippen MR) is 80.4 cm³/mol. The zero-order valence-electron chi connectivity index (χ0n) is 12.2. The maximum Gasteiger partial charge on any atom is 0.251 e. The van der Waals surface area contributed by atoms with Crippen LogP contribution in [0.5, 0.6) is 0 Å². The third-order valence-electron chi connectivity index (χ3n) is 4.17. The van der Waals surface area contributed by atoms with Gasteiger partial charge >= 0.3 is 0 Å². The van der Waals surface area contributed by atoms with E-state index < -0.39 is 0 Å². The summed E-state index contributed by atoms with van der Waals surface area (Å²) in [4.78, 5) is 16.6. The second-order valence-electron chi connectivity index (χ2n) is 6.05. The molecule has 0 unspecified atom stereocenters. The van der Waals surface area contributed by atoms with E-state index in [1.807, 2.05) is 18.2 Å². The largest absolute Gasteiger partial charge is 0.352 e. The molecule has 2 fully saturated rings. The fourth-order valence-electron chi connectivity index (χ4n) is 2.48. The van der Waals surface area contributed by atoms with Crippen molar-refractivity contribution >= 4 is 5.91 Å². The molecule has 1 saturated heterocycles. The normalized spacial score (nSPS) is 18.0. The van der Waals surface area contributed by atoms with Gasteiger partial charge in [0, 0.05) is 42.6 Å². The number of hydrogen-bond acceptors (Lipinski definition) is 5. The summed E-state index contributed by atoms with van der Waals surface area (Å²) in [6.45, 7) is 2.67. The van der Waals surface area contributed by atoms with E-state index >= 15 is 0 Å². The standard InChI is InChI=1S/C16H18N4O2/c21-15(18-9-10-7-17-8-10)13-3-1-2-12(6-13)14-19-16(22-20-14)11-4-5-11/h1-3,6,10-11,17H,4-5,7-9H2,(H,18,21). The number of nitrogens with zero attached hydrogens (tertiary/aromatic N) is 2. The van der Waals surface area contributed by atoms with Crippen LogP contribution < -0.4 is 10.6 Å². The number of carbonyl (C=O) groups is 1. The Balaban J connectivity index is 1.47. The molecule has 0 atom stereocenters. The maximum absolute atomic E-state index is 12.2. The Morgan fingerprint density at radius 1 is 1.36 bits per heavy atom. The minimum absolute atomic E-state index is 0.0559. The number of amides is 1. The van der Waals surface area contributed by atoms with E-state index in [0.29, 0.717) is 35.7 Å². The first-order valence-corrected chi connectivity index (χ1v) is 7.72. The molecule has 1 saturated carbocycles. The Morgan fingerprint density at radius 3 is 2.95 bits per heavy atom. The molecule has 0 bridgehead atoms. The van der Waals surface area contributed by atoms with Gasteiger partial charge in [0.1, 0.15) is 0 Å². The molecule has 2 aromatic rings. The molecular weight excluding hydrogens is 280 g/mol. The molecule has 1 aliphatic heterocycles. The van der Waals surface area contributed by atoms with Gasteiger partial charge in [0.25, 0.3) is 5.91 Å². The Hall–Kier alpha value is -2.21. The van der Waals surface area contributed by atoms with Crippen LogP contribution in [0.4, 0.5) is 0 Å². The van der Waals surface area contributed by atoms with Crippen molar-refractivity contribution in [3.8, 4) is 11.4 Å². The number of benzene rings is 1. The topological polar surface area (TPSA) is 80.0 Å². The lowest BCUT2D eigenvalue weighted by atomic mass is 10.0. The van der Waals surface area contributed by atoms with Crippen LogP contribution in [0.3, 0.4) is 0 Å². The van der Waals surface area contributed by atoms with E-state index in [2.05, 4.69) is 20.8 Å². The molecule has 1 aromatic heterocycles. The van der Waals surface area contributed by atoms with Crippen LogP contribution in [-0.2, 0) is 0 Å². The fourth-order valence-corrected chi connectivity index (χ4v) is 2.48. The first-order valence-electron chi connectivity index (χ1n) is 7.72. The summed E-state index contributed by atoms with van der Waals surface area (Å²) in [5.74, 6) is 2.19. The van der Waals surface area contributed by atoms with Crippen LogP contribution >= 0.6 is 0 Å². The van der Waals surface area contributed by atoms with Crippen molar-refractivity contribution in [2.45, 2.75) is 18.8 Å². The average molecular weight is 298 g/mol. The number of aromatic nitrogens is 2. The number of hydrogen-bond donors (Lipinski definition) is 2. The molecule has 4 rings (SSSR count). The molecule has 22 heavy (non-hydrogen) atoms. The fraction of sp³-hybridized carbons (Fsp3) is 0.438. The molecule has 2 heterocycles. The SMILES string of the molecule is O=C(NCC1CNC1)c1cccc(-c2noc(C3CC3)n2)c1. The smallest absolute Gasteiger partial charge is 0.251 e. The van der Waals surface area contributed by atoms with Crippen molar-refractivity contribution in [1.29, 1.82) is 0 Å². The molecular formula is C16H18N4O2. The highest BCUT2D eigenvalue weighted by Gasteiger charge is 2.29. The Morgan fingerprint density at radius 2 is 2.23 bits per heavy atom. The molecule has 114 valence electrons. The van der Waals surface area contributed by atoms with Gasteiger partial charge in [0.05, 0.1) is 0 Å². The van der Waals surface area contributed by atoms with E-state index in [1.54, 1.807) is 6.07 Å². The first-order chi connectivity index (χ1) is 10.8. The van der Waals surface area contributed by atoms with Gasteiger partial charge < -0.3 is 15.2 Å². The second kappa shape index (κ2) is 5.53. The van der Waals surface area contributed by atoms with Crippen molar-refractivity contribution in [3.05, 3.63) is 35.7 Å². The Bertz CT molecular complexity index is 689. The summed E-state index contributed by atoms with van der Waals surface area (Å²) < 4.78 is 5.28. The summed E-state index contributed by atoms with van der Waals surface area (Å²) in [5.41, 5.74) is 1.44.